The molecule has 6 rings (SSSR count). The van der Waals surface area contributed by atoms with Gasteiger partial charge in [0.05, 0.1) is 17.3 Å². The van der Waals surface area contributed by atoms with Crippen molar-refractivity contribution in [2.24, 2.45) is 11.8 Å². The molecule has 8 heteroatoms. The molecule has 4 aromatic rings. The highest BCUT2D eigenvalue weighted by Gasteiger charge is 2.50. The van der Waals surface area contributed by atoms with Crippen LogP contribution in [-0.4, -0.2) is 37.6 Å². The van der Waals surface area contributed by atoms with E-state index in [4.69, 9.17) is 23.8 Å². The summed E-state index contributed by atoms with van der Waals surface area (Å²) >= 11 is 1.53. The van der Waals surface area contributed by atoms with Crippen molar-refractivity contribution in [3.8, 4) is 0 Å². The molecule has 2 heterocycles. The Labute approximate surface area is 291 Å². The van der Waals surface area contributed by atoms with Gasteiger partial charge in [0.2, 0.25) is 0 Å². The lowest BCUT2D eigenvalue weighted by atomic mass is 9.69. The van der Waals surface area contributed by atoms with E-state index < -0.39 is 8.32 Å². The summed E-state index contributed by atoms with van der Waals surface area (Å²) in [7, 11) is -2.70. The minimum atomic E-state index is -2.70. The van der Waals surface area contributed by atoms with Crippen molar-refractivity contribution < 1.29 is 18.5 Å². The Balaban J connectivity index is 1.32. The van der Waals surface area contributed by atoms with E-state index >= 15 is 0 Å². The molecule has 6 nitrogen and oxygen atoms in total. The molecule has 2 aromatic heterocycles. The molecule has 48 heavy (non-hydrogen) atoms. The van der Waals surface area contributed by atoms with Gasteiger partial charge in [0.25, 0.3) is 8.32 Å². The first kappa shape index (κ1) is 34.8. The van der Waals surface area contributed by atoms with Gasteiger partial charge in [0.15, 0.2) is 5.69 Å². The molecular formula is C40H52N2O4SSi. The van der Waals surface area contributed by atoms with Gasteiger partial charge in [-0.3, -0.25) is 0 Å². The van der Waals surface area contributed by atoms with Crippen LogP contribution in [0.5, 0.6) is 0 Å². The Kier molecular flexibility index (Phi) is 10.7. The van der Waals surface area contributed by atoms with Crippen LogP contribution in [0.4, 0.5) is 0 Å². The number of carbonyl (C=O) groups excluding carboxylic acids is 1. The van der Waals surface area contributed by atoms with Crippen LogP contribution in [0.15, 0.2) is 70.6 Å². The van der Waals surface area contributed by atoms with Gasteiger partial charge in [-0.25, -0.2) is 9.78 Å². The quantitative estimate of drug-likeness (QED) is 0.0919. The van der Waals surface area contributed by atoms with Gasteiger partial charge in [-0.2, -0.15) is 0 Å². The molecule has 2 fully saturated rings. The first-order valence-corrected chi connectivity index (χ1v) is 20.7. The van der Waals surface area contributed by atoms with Crippen molar-refractivity contribution in [3.63, 3.8) is 0 Å². The Bertz CT molecular complexity index is 1590. The highest BCUT2D eigenvalue weighted by molar-refractivity contribution is 7.09. The third-order valence-electron chi connectivity index (χ3n) is 10.2. The fourth-order valence-electron chi connectivity index (χ4n) is 7.87. The Morgan fingerprint density at radius 2 is 1.65 bits per heavy atom. The van der Waals surface area contributed by atoms with Crippen molar-refractivity contribution in [1.82, 2.24) is 10.1 Å². The number of hydrogen-bond acceptors (Lipinski definition) is 7. The second kappa shape index (κ2) is 14.8. The summed E-state index contributed by atoms with van der Waals surface area (Å²) in [5.41, 5.74) is 2.83. The van der Waals surface area contributed by atoms with Crippen molar-refractivity contribution in [2.75, 3.05) is 13.2 Å². The number of hydrogen-bond donors (Lipinski definition) is 0. The van der Waals surface area contributed by atoms with Gasteiger partial charge >= 0.3 is 5.97 Å². The monoisotopic (exact) mass is 684 g/mol. The van der Waals surface area contributed by atoms with E-state index in [9.17, 15) is 4.79 Å². The topological polar surface area (TPSA) is 74.5 Å². The van der Waals surface area contributed by atoms with E-state index in [0.717, 1.165) is 34.7 Å². The second-order valence-corrected chi connectivity index (χ2v) is 20.6. The maximum absolute atomic E-state index is 12.5. The summed E-state index contributed by atoms with van der Waals surface area (Å²) in [5, 5.41) is 10.1. The zero-order valence-corrected chi connectivity index (χ0v) is 31.4. The molecule has 0 radical (unpaired) electrons. The molecule has 2 aromatic carbocycles. The average Bonchev–Trinajstić information content (AvgIpc) is 3.61. The number of carbonyl (C=O) groups is 1. The molecule has 2 aliphatic carbocycles. The van der Waals surface area contributed by atoms with E-state index in [2.05, 4.69) is 95.3 Å². The van der Waals surface area contributed by atoms with Gasteiger partial charge in [0, 0.05) is 35.8 Å². The van der Waals surface area contributed by atoms with Crippen LogP contribution in [0, 0.1) is 11.8 Å². The molecule has 0 N–H and O–H groups in total. The number of esters is 1. The smallest absolute Gasteiger partial charge is 0.357 e. The normalized spacial score (nSPS) is 18.9. The zero-order valence-electron chi connectivity index (χ0n) is 29.5. The number of thiazole rings is 1. The highest BCUT2D eigenvalue weighted by atomic mass is 32.1. The maximum atomic E-state index is 12.5. The molecule has 2 aliphatic rings. The van der Waals surface area contributed by atoms with Gasteiger partial charge in [-0.15, -0.1) is 11.3 Å². The summed E-state index contributed by atoms with van der Waals surface area (Å²) < 4.78 is 18.9. The van der Waals surface area contributed by atoms with E-state index in [1.165, 1.54) is 59.4 Å². The molecule has 2 saturated carbocycles. The van der Waals surface area contributed by atoms with Crippen LogP contribution in [0.2, 0.25) is 5.04 Å². The van der Waals surface area contributed by atoms with Crippen LogP contribution in [0.25, 0.3) is 0 Å². The maximum Gasteiger partial charge on any atom is 0.357 e. The Morgan fingerprint density at radius 1 is 1.00 bits per heavy atom. The minimum absolute atomic E-state index is 0.0593. The van der Waals surface area contributed by atoms with Crippen LogP contribution in [0.3, 0.4) is 0 Å². The molecule has 0 saturated heterocycles. The standard InChI is InChI=1S/C40H52N2O4SSi/c1-7-44-39(43)34-26-47-35(41-34)25-30(37-36(29-18-19-29)38(46-42-37)31-23-28(24-31)22-27(2)3)20-21-45-48(40(4,5)6,32-14-10-8-11-15-32)33-16-12-9-13-17-33/h8-17,26-31H,7,18-25H2,1-6H3. The van der Waals surface area contributed by atoms with Crippen molar-refractivity contribution >= 4 is 36.0 Å². The van der Waals surface area contributed by atoms with E-state index in [0.29, 0.717) is 37.2 Å². The van der Waals surface area contributed by atoms with Crippen molar-refractivity contribution in [3.05, 3.63) is 93.8 Å². The molecule has 0 amide bonds. The predicted molar refractivity (Wildman–Crippen MR) is 196 cm³/mol. The summed E-state index contributed by atoms with van der Waals surface area (Å²) in [6.07, 6.45) is 7.53. The number of rotatable bonds is 15. The number of ether oxygens (including phenoxy) is 1. The second-order valence-electron chi connectivity index (χ2n) is 15.3. The SMILES string of the molecule is CCOC(=O)c1csc(CC(CCO[Si](c2ccccc2)(c2ccccc2)C(C)(C)C)c2noc(C3CC(CC(C)C)C3)c2C2CC2)n1. The average molecular weight is 685 g/mol. The lowest BCUT2D eigenvalue weighted by Crippen LogP contribution is -2.66. The molecule has 1 atom stereocenters. The van der Waals surface area contributed by atoms with Crippen LogP contribution < -0.4 is 10.4 Å². The number of nitrogens with zero attached hydrogens (tertiary/aromatic N) is 2. The summed E-state index contributed by atoms with van der Waals surface area (Å²) in [6.45, 7) is 14.3. The summed E-state index contributed by atoms with van der Waals surface area (Å²) in [4.78, 5) is 17.2. The Morgan fingerprint density at radius 3 is 2.21 bits per heavy atom. The van der Waals surface area contributed by atoms with Crippen molar-refractivity contribution in [1.29, 1.82) is 0 Å². The summed E-state index contributed by atoms with van der Waals surface area (Å²) in [5.74, 6) is 3.33. The van der Waals surface area contributed by atoms with Gasteiger partial charge < -0.3 is 13.7 Å². The predicted octanol–water partition coefficient (Wildman–Crippen LogP) is 9.02. The molecule has 0 aliphatic heterocycles. The molecular weight excluding hydrogens is 633 g/mol. The van der Waals surface area contributed by atoms with Gasteiger partial charge in [-0.05, 0) is 78.6 Å². The third kappa shape index (κ3) is 7.41. The lowest BCUT2D eigenvalue weighted by Gasteiger charge is -2.43. The largest absolute Gasteiger partial charge is 0.461 e. The molecule has 256 valence electrons. The fourth-order valence-corrected chi connectivity index (χ4v) is 13.3. The van der Waals surface area contributed by atoms with Crippen LogP contribution >= 0.6 is 11.3 Å². The van der Waals surface area contributed by atoms with Crippen LogP contribution in [0.1, 0.15) is 130 Å². The minimum Gasteiger partial charge on any atom is -0.461 e. The van der Waals surface area contributed by atoms with Gasteiger partial charge in [0.1, 0.15) is 5.76 Å². The summed E-state index contributed by atoms with van der Waals surface area (Å²) in [6, 6.07) is 21.7. The number of benzene rings is 2. The van der Waals surface area contributed by atoms with Crippen LogP contribution in [-0.2, 0) is 15.6 Å². The molecule has 0 spiro atoms. The van der Waals surface area contributed by atoms with E-state index in [1.54, 1.807) is 0 Å². The highest BCUT2D eigenvalue weighted by Crippen LogP contribution is 2.53. The molecule has 0 bridgehead atoms. The van der Waals surface area contributed by atoms with Crippen molar-refractivity contribution in [2.45, 2.75) is 109 Å². The van der Waals surface area contributed by atoms with Gasteiger partial charge in [-0.1, -0.05) is 100 Å². The van der Waals surface area contributed by atoms with E-state index in [-0.39, 0.29) is 16.9 Å². The first-order chi connectivity index (χ1) is 23.1. The third-order valence-corrected chi connectivity index (χ3v) is 16.1. The van der Waals surface area contributed by atoms with E-state index in [1.807, 2.05) is 12.3 Å². The Hall–Kier alpha value is -3.07. The number of aromatic nitrogens is 2. The zero-order chi connectivity index (χ0) is 33.9. The fraction of sp³-hybridized carbons (Fsp3) is 0.525. The lowest BCUT2D eigenvalue weighted by molar-refractivity contribution is 0.0520. The molecule has 1 unspecified atom stereocenters. The first-order valence-electron chi connectivity index (χ1n) is 18.0.